The van der Waals surface area contributed by atoms with Gasteiger partial charge in [-0.15, -0.1) is 11.3 Å². The van der Waals surface area contributed by atoms with E-state index in [9.17, 15) is 5.26 Å². The molecule has 0 amide bonds. The predicted molar refractivity (Wildman–Crippen MR) is 72.6 cm³/mol. The van der Waals surface area contributed by atoms with Gasteiger partial charge in [-0.05, 0) is 19.9 Å². The normalized spacial score (nSPS) is 10.1. The van der Waals surface area contributed by atoms with Crippen molar-refractivity contribution in [3.63, 3.8) is 0 Å². The summed E-state index contributed by atoms with van der Waals surface area (Å²) >= 11 is 1.58. The molecule has 0 unspecified atom stereocenters. The first-order valence-electron chi connectivity index (χ1n) is 5.58. The van der Waals surface area contributed by atoms with Crippen LogP contribution >= 0.6 is 11.3 Å². The summed E-state index contributed by atoms with van der Waals surface area (Å²) in [7, 11) is 1.97. The van der Waals surface area contributed by atoms with Crippen molar-refractivity contribution in [3.8, 4) is 6.07 Å². The van der Waals surface area contributed by atoms with Crippen molar-refractivity contribution in [1.82, 2.24) is 9.97 Å². The van der Waals surface area contributed by atoms with E-state index in [2.05, 4.69) is 16.0 Å². The lowest BCUT2D eigenvalue weighted by Gasteiger charge is -2.20. The fourth-order valence-corrected chi connectivity index (χ4v) is 2.44. The molecule has 0 N–H and O–H groups in total. The minimum absolute atomic E-state index is 0.637. The van der Waals surface area contributed by atoms with Gasteiger partial charge < -0.3 is 4.90 Å². The van der Waals surface area contributed by atoms with E-state index in [4.69, 9.17) is 0 Å². The minimum atomic E-state index is 0.637. The van der Waals surface area contributed by atoms with E-state index in [0.29, 0.717) is 12.1 Å². The highest BCUT2D eigenvalue weighted by molar-refractivity contribution is 7.07. The van der Waals surface area contributed by atoms with Crippen molar-refractivity contribution >= 4 is 17.0 Å². The van der Waals surface area contributed by atoms with Crippen LogP contribution < -0.4 is 4.90 Å². The standard InChI is InChI=1S/C13H14N4S/c1-9-4-13(12(5-14)10(2)16-9)17(3)6-11-7-18-8-15-11/h4,7-8H,6H2,1-3H3. The fourth-order valence-electron chi connectivity index (χ4n) is 1.89. The summed E-state index contributed by atoms with van der Waals surface area (Å²) in [6.07, 6.45) is 0. The first kappa shape index (κ1) is 12.5. The highest BCUT2D eigenvalue weighted by Crippen LogP contribution is 2.23. The van der Waals surface area contributed by atoms with E-state index < -0.39 is 0 Å². The molecule has 0 aromatic carbocycles. The molecule has 0 saturated heterocycles. The molecule has 2 aromatic rings. The average Bonchev–Trinajstić information content (AvgIpc) is 2.80. The van der Waals surface area contributed by atoms with E-state index in [1.54, 1.807) is 11.3 Å². The smallest absolute Gasteiger partial charge is 0.103 e. The highest BCUT2D eigenvalue weighted by Gasteiger charge is 2.12. The third kappa shape index (κ3) is 2.49. The van der Waals surface area contributed by atoms with Gasteiger partial charge in [-0.3, -0.25) is 4.98 Å². The quantitative estimate of drug-likeness (QED) is 0.849. The van der Waals surface area contributed by atoms with Gasteiger partial charge in [0.15, 0.2) is 0 Å². The number of aryl methyl sites for hydroxylation is 2. The zero-order valence-corrected chi connectivity index (χ0v) is 11.5. The molecule has 0 radical (unpaired) electrons. The molecule has 2 heterocycles. The van der Waals surface area contributed by atoms with Crippen LogP contribution in [0.25, 0.3) is 0 Å². The van der Waals surface area contributed by atoms with Crippen LogP contribution in [0.1, 0.15) is 22.6 Å². The number of hydrogen-bond acceptors (Lipinski definition) is 5. The van der Waals surface area contributed by atoms with Crippen LogP contribution in [0.2, 0.25) is 0 Å². The molecule has 0 saturated carbocycles. The molecule has 2 rings (SSSR count). The first-order valence-corrected chi connectivity index (χ1v) is 6.52. The van der Waals surface area contributed by atoms with Gasteiger partial charge in [-0.2, -0.15) is 5.26 Å². The Balaban J connectivity index is 2.35. The van der Waals surface area contributed by atoms with E-state index in [1.165, 1.54) is 0 Å². The van der Waals surface area contributed by atoms with Crippen LogP contribution in [0, 0.1) is 25.2 Å². The molecule has 0 aliphatic rings. The molecule has 2 aromatic heterocycles. The highest BCUT2D eigenvalue weighted by atomic mass is 32.1. The number of nitrogens with zero attached hydrogens (tertiary/aromatic N) is 4. The molecule has 0 aliphatic carbocycles. The SMILES string of the molecule is Cc1cc(N(C)Cc2cscn2)c(C#N)c(C)n1. The lowest BCUT2D eigenvalue weighted by atomic mass is 10.1. The Kier molecular flexibility index (Phi) is 3.58. The molecule has 0 bridgehead atoms. The van der Waals surface area contributed by atoms with E-state index in [1.807, 2.05) is 42.8 Å². The van der Waals surface area contributed by atoms with E-state index in [0.717, 1.165) is 22.8 Å². The van der Waals surface area contributed by atoms with Gasteiger partial charge >= 0.3 is 0 Å². The summed E-state index contributed by atoms with van der Waals surface area (Å²) in [4.78, 5) is 10.6. The van der Waals surface area contributed by atoms with Crippen LogP contribution in [0.4, 0.5) is 5.69 Å². The monoisotopic (exact) mass is 258 g/mol. The summed E-state index contributed by atoms with van der Waals surface area (Å²) in [6.45, 7) is 4.50. The topological polar surface area (TPSA) is 52.8 Å². The molecule has 92 valence electrons. The Morgan fingerprint density at radius 3 is 2.83 bits per heavy atom. The lowest BCUT2D eigenvalue weighted by molar-refractivity contribution is 0.886. The molecule has 18 heavy (non-hydrogen) atoms. The Morgan fingerprint density at radius 1 is 1.44 bits per heavy atom. The molecule has 0 fully saturated rings. The van der Waals surface area contributed by atoms with Crippen molar-refractivity contribution < 1.29 is 0 Å². The summed E-state index contributed by atoms with van der Waals surface area (Å²) in [6, 6.07) is 4.17. The van der Waals surface area contributed by atoms with Crippen LogP contribution in [0.15, 0.2) is 17.0 Å². The molecular weight excluding hydrogens is 244 g/mol. The zero-order chi connectivity index (χ0) is 13.1. The number of rotatable bonds is 3. The number of aromatic nitrogens is 2. The Morgan fingerprint density at radius 2 is 2.22 bits per heavy atom. The van der Waals surface area contributed by atoms with Gasteiger partial charge in [-0.25, -0.2) is 4.98 Å². The Labute approximate surface area is 111 Å². The third-order valence-electron chi connectivity index (χ3n) is 2.71. The number of hydrogen-bond donors (Lipinski definition) is 0. The van der Waals surface area contributed by atoms with Gasteiger partial charge in [0.25, 0.3) is 0 Å². The molecule has 0 aliphatic heterocycles. The maximum atomic E-state index is 9.23. The summed E-state index contributed by atoms with van der Waals surface area (Å²) in [5.74, 6) is 0. The van der Waals surface area contributed by atoms with Crippen LogP contribution in [-0.2, 0) is 6.54 Å². The third-order valence-corrected chi connectivity index (χ3v) is 3.35. The molecule has 5 heteroatoms. The fraction of sp³-hybridized carbons (Fsp3) is 0.308. The van der Waals surface area contributed by atoms with Crippen molar-refractivity contribution in [1.29, 1.82) is 5.26 Å². The predicted octanol–water partition coefficient (Wildman–Crippen LogP) is 2.66. The van der Waals surface area contributed by atoms with Gasteiger partial charge in [0, 0.05) is 18.1 Å². The largest absolute Gasteiger partial charge is 0.367 e. The Bertz CT molecular complexity index is 584. The zero-order valence-electron chi connectivity index (χ0n) is 10.6. The van der Waals surface area contributed by atoms with Crippen LogP contribution in [0.5, 0.6) is 0 Å². The Hall–Kier alpha value is -1.93. The lowest BCUT2D eigenvalue weighted by Crippen LogP contribution is -2.18. The van der Waals surface area contributed by atoms with Gasteiger partial charge in [0.05, 0.1) is 34.7 Å². The molecule has 0 spiro atoms. The minimum Gasteiger partial charge on any atom is -0.367 e. The van der Waals surface area contributed by atoms with Crippen LogP contribution in [-0.4, -0.2) is 17.0 Å². The van der Waals surface area contributed by atoms with Gasteiger partial charge in [0.2, 0.25) is 0 Å². The first-order chi connectivity index (χ1) is 8.61. The molecule has 4 nitrogen and oxygen atoms in total. The molecule has 0 atom stereocenters. The van der Waals surface area contributed by atoms with Gasteiger partial charge in [-0.1, -0.05) is 0 Å². The van der Waals surface area contributed by atoms with Crippen molar-refractivity contribution in [2.24, 2.45) is 0 Å². The molecular formula is C13H14N4S. The second kappa shape index (κ2) is 5.15. The van der Waals surface area contributed by atoms with Crippen LogP contribution in [0.3, 0.4) is 0 Å². The maximum absolute atomic E-state index is 9.23. The number of pyridine rings is 1. The average molecular weight is 258 g/mol. The van der Waals surface area contributed by atoms with Crippen molar-refractivity contribution in [2.45, 2.75) is 20.4 Å². The summed E-state index contributed by atoms with van der Waals surface area (Å²) < 4.78 is 0. The van der Waals surface area contributed by atoms with Crippen molar-refractivity contribution in [2.75, 3.05) is 11.9 Å². The van der Waals surface area contributed by atoms with Gasteiger partial charge in [0.1, 0.15) is 6.07 Å². The van der Waals surface area contributed by atoms with E-state index in [-0.39, 0.29) is 0 Å². The number of anilines is 1. The summed E-state index contributed by atoms with van der Waals surface area (Å²) in [5.41, 5.74) is 6.08. The number of thiazole rings is 1. The van der Waals surface area contributed by atoms with E-state index >= 15 is 0 Å². The maximum Gasteiger partial charge on any atom is 0.103 e. The second-order valence-electron chi connectivity index (χ2n) is 4.19. The van der Waals surface area contributed by atoms with Crippen molar-refractivity contribution in [3.05, 3.63) is 39.6 Å². The number of nitriles is 1. The summed E-state index contributed by atoms with van der Waals surface area (Å²) in [5, 5.41) is 11.3. The second-order valence-corrected chi connectivity index (χ2v) is 4.91.